The van der Waals surface area contributed by atoms with E-state index in [9.17, 15) is 4.79 Å². The summed E-state index contributed by atoms with van der Waals surface area (Å²) in [6.45, 7) is 9.05. The van der Waals surface area contributed by atoms with Crippen LogP contribution in [0.2, 0.25) is 0 Å². The van der Waals surface area contributed by atoms with Crippen LogP contribution in [0.4, 0.5) is 0 Å². The van der Waals surface area contributed by atoms with Gasteiger partial charge in [-0.25, -0.2) is 0 Å². The van der Waals surface area contributed by atoms with Crippen molar-refractivity contribution in [3.63, 3.8) is 0 Å². The Morgan fingerprint density at radius 2 is 1.89 bits per heavy atom. The fourth-order valence-electron chi connectivity index (χ4n) is 2.38. The lowest BCUT2D eigenvalue weighted by molar-refractivity contribution is -0.146. The van der Waals surface area contributed by atoms with Crippen LogP contribution in [-0.4, -0.2) is 19.6 Å². The highest BCUT2D eigenvalue weighted by atomic mass is 79.9. The molecule has 3 nitrogen and oxygen atoms in total. The van der Waals surface area contributed by atoms with Gasteiger partial charge in [0.05, 0.1) is 13.0 Å². The van der Waals surface area contributed by atoms with Crippen molar-refractivity contribution in [1.82, 2.24) is 5.32 Å². The van der Waals surface area contributed by atoms with Crippen LogP contribution in [0.5, 0.6) is 0 Å². The van der Waals surface area contributed by atoms with Crippen LogP contribution in [0, 0.1) is 11.8 Å². The number of ether oxygens (including phenoxy) is 1. The molecule has 1 N–H and O–H groups in total. The van der Waals surface area contributed by atoms with Gasteiger partial charge in [0.15, 0.2) is 0 Å². The Labute approximate surface area is 124 Å². The first-order chi connectivity index (χ1) is 8.95. The van der Waals surface area contributed by atoms with Crippen molar-refractivity contribution in [1.29, 1.82) is 0 Å². The molecule has 0 atom stereocenters. The normalized spacial score (nSPS) is 24.4. The molecule has 4 heteroatoms. The number of esters is 1. The molecule has 0 aliphatic heterocycles. The van der Waals surface area contributed by atoms with E-state index in [0.717, 1.165) is 48.0 Å². The summed E-state index contributed by atoms with van der Waals surface area (Å²) in [6.07, 6.45) is 4.04. The molecule has 0 bridgehead atoms. The second kappa shape index (κ2) is 7.73. The quantitative estimate of drug-likeness (QED) is 0.616. The lowest BCUT2D eigenvalue weighted by Crippen LogP contribution is -2.29. The van der Waals surface area contributed by atoms with Crippen LogP contribution in [0.3, 0.4) is 0 Å². The van der Waals surface area contributed by atoms with Gasteiger partial charge in [-0.05, 0) is 55.5 Å². The summed E-state index contributed by atoms with van der Waals surface area (Å²) in [5, 5.41) is 3.39. The Kier molecular flexibility index (Phi) is 6.63. The van der Waals surface area contributed by atoms with Gasteiger partial charge in [0.25, 0.3) is 0 Å². The van der Waals surface area contributed by atoms with E-state index in [2.05, 4.69) is 27.8 Å². The van der Waals surface area contributed by atoms with Crippen LogP contribution >= 0.6 is 15.9 Å². The van der Waals surface area contributed by atoms with Gasteiger partial charge in [0.1, 0.15) is 0 Å². The van der Waals surface area contributed by atoms with Crippen LogP contribution in [0.1, 0.15) is 39.5 Å². The fraction of sp³-hybridized carbons (Fsp3) is 0.667. The molecule has 0 aromatic rings. The van der Waals surface area contributed by atoms with Crippen molar-refractivity contribution in [2.45, 2.75) is 39.5 Å². The number of allylic oxidation sites excluding steroid dienone is 2. The molecular formula is C15H24BrNO2. The molecule has 108 valence electrons. The number of rotatable bonds is 5. The van der Waals surface area contributed by atoms with Gasteiger partial charge >= 0.3 is 5.97 Å². The Bertz CT molecular complexity index is 364. The van der Waals surface area contributed by atoms with Crippen molar-refractivity contribution in [3.8, 4) is 0 Å². The lowest BCUT2D eigenvalue weighted by atomic mass is 9.82. The highest BCUT2D eigenvalue weighted by Gasteiger charge is 2.26. The first-order valence-corrected chi connectivity index (χ1v) is 7.59. The van der Waals surface area contributed by atoms with E-state index in [0.29, 0.717) is 5.92 Å². The minimum absolute atomic E-state index is 0.0514. The largest absolute Gasteiger partial charge is 0.469 e. The van der Waals surface area contributed by atoms with E-state index >= 15 is 0 Å². The van der Waals surface area contributed by atoms with E-state index in [1.54, 1.807) is 0 Å². The molecule has 0 saturated heterocycles. The number of carbonyl (C=O) groups is 1. The summed E-state index contributed by atoms with van der Waals surface area (Å²) in [7, 11) is 1.47. The highest BCUT2D eigenvalue weighted by Crippen LogP contribution is 2.29. The molecule has 0 aromatic heterocycles. The van der Waals surface area contributed by atoms with Crippen LogP contribution in [0.25, 0.3) is 0 Å². The second-order valence-corrected chi connectivity index (χ2v) is 6.45. The van der Waals surface area contributed by atoms with E-state index in [1.165, 1.54) is 7.11 Å². The van der Waals surface area contributed by atoms with Crippen molar-refractivity contribution in [2.75, 3.05) is 13.7 Å². The average molecular weight is 330 g/mol. The van der Waals surface area contributed by atoms with Gasteiger partial charge in [-0.2, -0.15) is 0 Å². The summed E-state index contributed by atoms with van der Waals surface area (Å²) in [6, 6.07) is 0. The first kappa shape index (κ1) is 16.3. The van der Waals surface area contributed by atoms with Gasteiger partial charge in [-0.15, -0.1) is 0 Å². The maximum Gasteiger partial charge on any atom is 0.308 e. The molecule has 1 fully saturated rings. The van der Waals surface area contributed by atoms with Gasteiger partial charge < -0.3 is 10.1 Å². The van der Waals surface area contributed by atoms with Crippen molar-refractivity contribution < 1.29 is 9.53 Å². The maximum atomic E-state index is 11.4. The molecule has 0 unspecified atom stereocenters. The van der Waals surface area contributed by atoms with Gasteiger partial charge in [-0.3, -0.25) is 4.79 Å². The molecule has 0 aromatic carbocycles. The molecular weight excluding hydrogens is 306 g/mol. The van der Waals surface area contributed by atoms with Crippen LogP contribution in [-0.2, 0) is 9.53 Å². The number of carbonyl (C=O) groups excluding carboxylic acids is 1. The Balaban J connectivity index is 2.33. The van der Waals surface area contributed by atoms with Crippen molar-refractivity contribution in [3.05, 3.63) is 22.3 Å². The summed E-state index contributed by atoms with van der Waals surface area (Å²) >= 11 is 3.47. The third-order valence-corrected chi connectivity index (χ3v) is 4.55. The standard InChI is InChI=1S/C15H24BrNO2/c1-10(11(2)16)12(3)17-9-13-5-7-14(8-6-13)15(18)19-4/h13-14,17H,3,5-9H2,1-2,4H3/b11-10-. The molecule has 0 spiro atoms. The molecule has 0 radical (unpaired) electrons. The molecule has 1 rings (SSSR count). The van der Waals surface area contributed by atoms with E-state index in [-0.39, 0.29) is 11.9 Å². The SMILES string of the molecule is C=C(NCC1CCC(C(=O)OC)CC1)/C(C)=C(/C)Br. The summed E-state index contributed by atoms with van der Waals surface area (Å²) in [5.41, 5.74) is 2.13. The van der Waals surface area contributed by atoms with Gasteiger partial charge in [0.2, 0.25) is 0 Å². The average Bonchev–Trinajstić information content (AvgIpc) is 2.43. The highest BCUT2D eigenvalue weighted by molar-refractivity contribution is 9.11. The van der Waals surface area contributed by atoms with Crippen LogP contribution in [0.15, 0.2) is 22.3 Å². The maximum absolute atomic E-state index is 11.4. The zero-order valence-electron chi connectivity index (χ0n) is 12.1. The third kappa shape index (κ3) is 5.01. The number of halogens is 1. The zero-order valence-corrected chi connectivity index (χ0v) is 13.7. The van der Waals surface area contributed by atoms with Crippen molar-refractivity contribution >= 4 is 21.9 Å². The summed E-state index contributed by atoms with van der Waals surface area (Å²) in [4.78, 5) is 11.4. The Hall–Kier alpha value is -0.770. The number of nitrogens with one attached hydrogen (secondary N) is 1. The third-order valence-electron chi connectivity index (χ3n) is 3.95. The predicted molar refractivity (Wildman–Crippen MR) is 81.9 cm³/mol. The monoisotopic (exact) mass is 329 g/mol. The minimum Gasteiger partial charge on any atom is -0.469 e. The lowest BCUT2D eigenvalue weighted by Gasteiger charge is -2.27. The number of hydrogen-bond acceptors (Lipinski definition) is 3. The van der Waals surface area contributed by atoms with Crippen molar-refractivity contribution in [2.24, 2.45) is 11.8 Å². The topological polar surface area (TPSA) is 38.3 Å². The van der Waals surface area contributed by atoms with Gasteiger partial charge in [0, 0.05) is 12.2 Å². The fourth-order valence-corrected chi connectivity index (χ4v) is 2.62. The Morgan fingerprint density at radius 1 is 1.32 bits per heavy atom. The summed E-state index contributed by atoms with van der Waals surface area (Å²) < 4.78 is 5.91. The zero-order chi connectivity index (χ0) is 14.4. The predicted octanol–water partition coefficient (Wildman–Crippen LogP) is 3.76. The molecule has 1 aliphatic rings. The van der Waals surface area contributed by atoms with Crippen LogP contribution < -0.4 is 5.32 Å². The summed E-state index contributed by atoms with van der Waals surface area (Å²) in [5.74, 6) is 0.682. The molecule has 0 heterocycles. The van der Waals surface area contributed by atoms with E-state index in [1.807, 2.05) is 13.8 Å². The van der Waals surface area contributed by atoms with E-state index in [4.69, 9.17) is 4.74 Å². The number of methoxy groups -OCH3 is 1. The van der Waals surface area contributed by atoms with E-state index < -0.39 is 0 Å². The van der Waals surface area contributed by atoms with Gasteiger partial charge in [-0.1, -0.05) is 22.5 Å². The second-order valence-electron chi connectivity index (χ2n) is 5.26. The molecule has 1 aliphatic carbocycles. The number of hydrogen-bond donors (Lipinski definition) is 1. The first-order valence-electron chi connectivity index (χ1n) is 6.79. The Morgan fingerprint density at radius 3 is 2.37 bits per heavy atom. The molecule has 1 saturated carbocycles. The minimum atomic E-state index is -0.0514. The molecule has 0 amide bonds. The molecule has 19 heavy (non-hydrogen) atoms. The smallest absolute Gasteiger partial charge is 0.308 e.